The molecule has 0 amide bonds. The van der Waals surface area contributed by atoms with E-state index in [-0.39, 0.29) is 83.9 Å². The van der Waals surface area contributed by atoms with E-state index in [2.05, 4.69) is 0 Å². The van der Waals surface area contributed by atoms with Crippen molar-refractivity contribution in [1.82, 2.24) is 0 Å². The van der Waals surface area contributed by atoms with E-state index in [1.54, 1.807) is 0 Å². The van der Waals surface area contributed by atoms with Crippen LogP contribution >= 0.6 is 0 Å². The Labute approximate surface area is 82.4 Å². The molecular weight excluding hydrogens is 284 g/mol. The van der Waals surface area contributed by atoms with Crippen LogP contribution in [0.15, 0.2) is 0 Å². The van der Waals surface area contributed by atoms with Crippen LogP contribution < -0.4 is 0 Å². The van der Waals surface area contributed by atoms with Crippen LogP contribution in [-0.4, -0.2) is 26.0 Å². The third-order valence-corrected chi connectivity index (χ3v) is 0. The van der Waals surface area contributed by atoms with E-state index in [4.69, 9.17) is 0 Å². The zero-order chi connectivity index (χ0) is 0. The van der Waals surface area contributed by atoms with E-state index in [0.29, 0.717) is 0 Å². The molecule has 4 heteroatoms. The van der Waals surface area contributed by atoms with Crippen molar-refractivity contribution >= 4 is 26.0 Å². The standard InChI is InChI=1S/B.Fe.Ge.Nd. The smallest absolute Gasteiger partial charge is 0 e. The molecule has 0 aliphatic heterocycles. The van der Waals surface area contributed by atoms with E-state index in [0.717, 1.165) is 0 Å². The van der Waals surface area contributed by atoms with Gasteiger partial charge in [-0.05, 0) is 0 Å². The van der Waals surface area contributed by atoms with E-state index < -0.39 is 0 Å². The van der Waals surface area contributed by atoms with Gasteiger partial charge in [0, 0.05) is 83.9 Å². The fourth-order valence-corrected chi connectivity index (χ4v) is 0. The van der Waals surface area contributed by atoms with Crippen molar-refractivity contribution in [2.45, 2.75) is 0 Å². The molecule has 0 saturated carbocycles. The summed E-state index contributed by atoms with van der Waals surface area (Å²) in [5, 5.41) is 0. The Morgan fingerprint density at radius 1 is 1.00 bits per heavy atom. The molecule has 0 aliphatic rings. The summed E-state index contributed by atoms with van der Waals surface area (Å²) < 4.78 is 0. The molecule has 0 saturated heterocycles. The number of rotatable bonds is 0. The maximum absolute atomic E-state index is 0. The molecule has 7 radical (unpaired) electrons. The van der Waals surface area contributed by atoms with Gasteiger partial charge in [-0.2, -0.15) is 0 Å². The van der Waals surface area contributed by atoms with Gasteiger partial charge in [0.2, 0.25) is 0 Å². The molecule has 0 aromatic carbocycles. The molecule has 0 aliphatic carbocycles. The first-order valence-corrected chi connectivity index (χ1v) is 0. The minimum Gasteiger partial charge on any atom is 0 e. The van der Waals surface area contributed by atoms with Gasteiger partial charge in [0.1, 0.15) is 0 Å². The molecule has 0 N–H and O–H groups in total. The average molecular weight is 284 g/mol. The third kappa shape index (κ3) is 8.82. The van der Waals surface area contributed by atoms with E-state index >= 15 is 0 Å². The summed E-state index contributed by atoms with van der Waals surface area (Å²) in [6.45, 7) is 0. The van der Waals surface area contributed by atoms with Crippen LogP contribution in [0.2, 0.25) is 0 Å². The Bertz CT molecular complexity index is 8.00. The Balaban J connectivity index is 0. The molecule has 0 fully saturated rings. The molecule has 0 nitrogen and oxygen atoms in total. The SMILES string of the molecule is [B].[Fe].[Ge].[Nd]. The van der Waals surface area contributed by atoms with Gasteiger partial charge in [-0.25, -0.2) is 0 Å². The molecule has 0 bridgehead atoms. The Morgan fingerprint density at radius 3 is 1.00 bits per heavy atom. The van der Waals surface area contributed by atoms with Crippen LogP contribution in [0.4, 0.5) is 0 Å². The normalized spacial score (nSPS) is 0. The zero-order valence-electron chi connectivity index (χ0n) is 1.93. The van der Waals surface area contributed by atoms with Gasteiger partial charge in [0.25, 0.3) is 0 Å². The molecule has 0 heterocycles. The maximum atomic E-state index is 0. The van der Waals surface area contributed by atoms with Crippen molar-refractivity contribution in [3.8, 4) is 0 Å². The first kappa shape index (κ1) is 31.7. The van der Waals surface area contributed by atoms with Gasteiger partial charge in [-0.1, -0.05) is 0 Å². The maximum Gasteiger partial charge on any atom is 0 e. The molecule has 0 spiro atoms. The van der Waals surface area contributed by atoms with Crippen molar-refractivity contribution in [1.29, 1.82) is 0 Å². The van der Waals surface area contributed by atoms with Gasteiger partial charge < -0.3 is 0 Å². The summed E-state index contributed by atoms with van der Waals surface area (Å²) >= 11 is 0. The van der Waals surface area contributed by atoms with Crippen molar-refractivity contribution in [3.63, 3.8) is 0 Å². The first-order chi connectivity index (χ1) is 0. The van der Waals surface area contributed by atoms with Gasteiger partial charge in [-0.3, -0.25) is 0 Å². The molecule has 4 heavy (non-hydrogen) atoms. The number of hydrogen-bond acceptors (Lipinski definition) is 0. The summed E-state index contributed by atoms with van der Waals surface area (Å²) in [7, 11) is 0. The second kappa shape index (κ2) is 17.9. The van der Waals surface area contributed by atoms with Gasteiger partial charge in [-0.15, -0.1) is 0 Å². The zero-order valence-corrected chi connectivity index (χ0v) is 8.34. The van der Waals surface area contributed by atoms with Gasteiger partial charge in [0.05, 0.1) is 0 Å². The fraction of sp³-hybridized carbons (Fsp3) is 0. The summed E-state index contributed by atoms with van der Waals surface area (Å²) in [5.41, 5.74) is 0. The monoisotopic (exact) mass is 283 g/mol. The molecule has 0 aromatic rings. The summed E-state index contributed by atoms with van der Waals surface area (Å²) in [4.78, 5) is 0. The van der Waals surface area contributed by atoms with Crippen LogP contribution in [0.25, 0.3) is 0 Å². The Hall–Kier alpha value is 2.48. The average Bonchev–Trinajstić information content (AvgIpc) is 0. The van der Waals surface area contributed by atoms with E-state index in [1.807, 2.05) is 0 Å². The third-order valence-electron chi connectivity index (χ3n) is 0. The summed E-state index contributed by atoms with van der Waals surface area (Å²) in [5.74, 6) is 0. The number of hydrogen-bond donors (Lipinski definition) is 0. The summed E-state index contributed by atoms with van der Waals surface area (Å²) in [6, 6.07) is 0. The molecule has 0 rings (SSSR count). The molecule has 0 aromatic heterocycles. The predicted octanol–water partition coefficient (Wildman–Crippen LogP) is -0.764. The summed E-state index contributed by atoms with van der Waals surface area (Å²) in [6.07, 6.45) is 0. The van der Waals surface area contributed by atoms with Crippen LogP contribution in [0, 0.1) is 40.8 Å². The molecule has 0 atom stereocenters. The predicted molar refractivity (Wildman–Crippen MR) is 11.5 cm³/mol. The fourth-order valence-electron chi connectivity index (χ4n) is 0. The van der Waals surface area contributed by atoms with Crippen LogP contribution in [-0.2, 0) is 17.1 Å². The topological polar surface area (TPSA) is 0 Å². The largest absolute Gasteiger partial charge is 0 e. The second-order valence-corrected chi connectivity index (χ2v) is 0. The van der Waals surface area contributed by atoms with Crippen LogP contribution in [0.3, 0.4) is 0 Å². The van der Waals surface area contributed by atoms with Crippen molar-refractivity contribution in [2.75, 3.05) is 0 Å². The quantitative estimate of drug-likeness (QED) is 0.513. The van der Waals surface area contributed by atoms with Crippen molar-refractivity contribution < 1.29 is 57.9 Å². The van der Waals surface area contributed by atoms with Crippen molar-refractivity contribution in [2.24, 2.45) is 0 Å². The minimum absolute atomic E-state index is 0. The van der Waals surface area contributed by atoms with Crippen LogP contribution in [0.5, 0.6) is 0 Å². The van der Waals surface area contributed by atoms with E-state index in [9.17, 15) is 0 Å². The first-order valence-electron chi connectivity index (χ1n) is 0. The molecule has 0 unspecified atom stereocenters. The van der Waals surface area contributed by atoms with Gasteiger partial charge >= 0.3 is 0 Å². The Morgan fingerprint density at radius 2 is 1.00 bits per heavy atom. The molecule has 19 valence electrons. The minimum atomic E-state index is 0. The van der Waals surface area contributed by atoms with Crippen molar-refractivity contribution in [3.05, 3.63) is 0 Å². The van der Waals surface area contributed by atoms with E-state index in [1.165, 1.54) is 0 Å². The molecular formula is BFeGeNd. The van der Waals surface area contributed by atoms with Gasteiger partial charge in [0.15, 0.2) is 0 Å². The second-order valence-electron chi connectivity index (χ2n) is 0. The Kier molecular flexibility index (Phi) is 142. The van der Waals surface area contributed by atoms with Crippen LogP contribution in [0.1, 0.15) is 0 Å².